The number of rotatable bonds is 2. The minimum absolute atomic E-state index is 0.640. The molecule has 4 heteroatoms. The molecule has 3 aromatic heterocycles. The number of aryl methyl sites for hydroxylation is 3. The highest BCUT2D eigenvalue weighted by Gasteiger charge is 2.25. The first-order valence-corrected chi connectivity index (χ1v) is 12.8. The fourth-order valence-electron chi connectivity index (χ4n) is 6.04. The van der Waals surface area contributed by atoms with Crippen molar-refractivity contribution < 1.29 is 8.98 Å². The molecular formula is C34H26N3O+. The average molecular weight is 493 g/mol. The maximum Gasteiger partial charge on any atom is 0.256 e. The lowest BCUT2D eigenvalue weighted by Gasteiger charge is -2.11. The Morgan fingerprint density at radius 1 is 0.842 bits per heavy atom. The quantitative estimate of drug-likeness (QED) is 0.175. The second kappa shape index (κ2) is 8.06. The molecule has 0 bridgehead atoms. The minimum atomic E-state index is 0.640. The van der Waals surface area contributed by atoms with Gasteiger partial charge in [-0.2, -0.15) is 4.57 Å². The smallest absolute Gasteiger partial charge is 0.256 e. The Bertz CT molecular complexity index is 2140. The third-order valence-electron chi connectivity index (χ3n) is 7.86. The number of para-hydroxylation sites is 2. The lowest BCUT2D eigenvalue weighted by Crippen LogP contribution is -2.30. The van der Waals surface area contributed by atoms with Crippen molar-refractivity contribution in [3.63, 3.8) is 0 Å². The fraction of sp³-hybridized carbons (Fsp3) is 0.118. The van der Waals surface area contributed by atoms with Gasteiger partial charge in [-0.1, -0.05) is 54.1 Å². The second-order valence-corrected chi connectivity index (χ2v) is 10.2. The van der Waals surface area contributed by atoms with Crippen LogP contribution in [0.25, 0.3) is 65.5 Å². The highest BCUT2D eigenvalue weighted by molar-refractivity contribution is 6.17. The van der Waals surface area contributed by atoms with Crippen molar-refractivity contribution in [3.8, 4) is 16.9 Å². The van der Waals surface area contributed by atoms with Crippen molar-refractivity contribution in [1.82, 2.24) is 4.57 Å². The van der Waals surface area contributed by atoms with E-state index in [1.165, 1.54) is 22.3 Å². The predicted molar refractivity (Wildman–Crippen MR) is 155 cm³/mol. The van der Waals surface area contributed by atoms with E-state index in [-0.39, 0.29) is 0 Å². The van der Waals surface area contributed by atoms with E-state index in [2.05, 4.69) is 103 Å². The highest BCUT2D eigenvalue weighted by atomic mass is 16.3. The molecule has 38 heavy (non-hydrogen) atoms. The van der Waals surface area contributed by atoms with Crippen LogP contribution in [-0.4, -0.2) is 4.57 Å². The predicted octanol–water partition coefficient (Wildman–Crippen LogP) is 8.65. The number of benzene rings is 4. The van der Waals surface area contributed by atoms with Crippen LogP contribution in [0, 0.1) is 27.3 Å². The number of fused-ring (bicyclic) bond motifs is 6. The van der Waals surface area contributed by atoms with Crippen molar-refractivity contribution in [2.45, 2.75) is 20.8 Å². The van der Waals surface area contributed by atoms with Crippen molar-refractivity contribution in [2.24, 2.45) is 7.05 Å². The largest absolute Gasteiger partial charge is 0.449 e. The Morgan fingerprint density at radius 3 is 2.47 bits per heavy atom. The molecule has 0 spiro atoms. The third kappa shape index (κ3) is 2.99. The molecule has 0 fully saturated rings. The van der Waals surface area contributed by atoms with Crippen molar-refractivity contribution in [3.05, 3.63) is 113 Å². The number of hydrogen-bond donors (Lipinski definition) is 0. The van der Waals surface area contributed by atoms with Gasteiger partial charge in [-0.3, -0.25) is 0 Å². The second-order valence-electron chi connectivity index (χ2n) is 10.2. The minimum Gasteiger partial charge on any atom is -0.449 e. The average Bonchev–Trinajstić information content (AvgIpc) is 3.47. The molecule has 0 saturated heterocycles. The van der Waals surface area contributed by atoms with E-state index in [0.29, 0.717) is 5.69 Å². The first-order valence-electron chi connectivity index (χ1n) is 12.8. The Labute approximate surface area is 220 Å². The molecule has 0 radical (unpaired) electrons. The fourth-order valence-corrected chi connectivity index (χ4v) is 6.04. The number of aromatic nitrogens is 2. The Balaban J connectivity index is 1.65. The number of hydrogen-bond acceptors (Lipinski definition) is 1. The molecule has 0 atom stereocenters. The summed E-state index contributed by atoms with van der Waals surface area (Å²) in [7, 11) is 2.08. The van der Waals surface area contributed by atoms with Gasteiger partial charge in [-0.25, -0.2) is 4.85 Å². The zero-order valence-electron chi connectivity index (χ0n) is 21.8. The number of furan rings is 1. The van der Waals surface area contributed by atoms with E-state index in [9.17, 15) is 0 Å². The van der Waals surface area contributed by atoms with E-state index < -0.39 is 0 Å². The Hall–Kier alpha value is -4.88. The van der Waals surface area contributed by atoms with Gasteiger partial charge in [0.2, 0.25) is 11.3 Å². The zero-order valence-corrected chi connectivity index (χ0v) is 21.8. The SMILES string of the molecule is [C-]#[N+]c1cccc2c3ccccc3n(-c3cccc4oc5c(-c6cc(C)cc(C)c6C)[n+](C)ccc5c34)c12. The summed E-state index contributed by atoms with van der Waals surface area (Å²) in [5.74, 6) is 0. The Morgan fingerprint density at radius 2 is 1.63 bits per heavy atom. The van der Waals surface area contributed by atoms with Gasteiger partial charge in [-0.05, 0) is 61.5 Å². The summed E-state index contributed by atoms with van der Waals surface area (Å²) in [4.78, 5) is 3.90. The molecule has 4 aromatic carbocycles. The molecular weight excluding hydrogens is 466 g/mol. The summed E-state index contributed by atoms with van der Waals surface area (Å²) in [6.07, 6.45) is 2.12. The molecule has 0 N–H and O–H groups in total. The number of pyridine rings is 1. The molecule has 0 amide bonds. The summed E-state index contributed by atoms with van der Waals surface area (Å²) >= 11 is 0. The van der Waals surface area contributed by atoms with E-state index in [1.807, 2.05) is 24.3 Å². The summed E-state index contributed by atoms with van der Waals surface area (Å²) in [5.41, 5.74) is 11.4. The maximum atomic E-state index is 7.91. The highest BCUT2D eigenvalue weighted by Crippen LogP contribution is 2.42. The normalized spacial score (nSPS) is 11.7. The van der Waals surface area contributed by atoms with Gasteiger partial charge in [0, 0.05) is 16.8 Å². The monoisotopic (exact) mass is 492 g/mol. The van der Waals surface area contributed by atoms with Crippen LogP contribution in [0.5, 0.6) is 0 Å². The first-order chi connectivity index (χ1) is 18.5. The summed E-state index contributed by atoms with van der Waals surface area (Å²) in [6.45, 7) is 14.4. The maximum absolute atomic E-state index is 7.91. The third-order valence-corrected chi connectivity index (χ3v) is 7.86. The van der Waals surface area contributed by atoms with Crippen molar-refractivity contribution >= 4 is 49.4 Å². The van der Waals surface area contributed by atoms with Crippen LogP contribution in [0.1, 0.15) is 16.7 Å². The van der Waals surface area contributed by atoms with Crippen LogP contribution in [0.3, 0.4) is 0 Å². The molecule has 0 saturated carbocycles. The molecule has 7 aromatic rings. The Kier molecular flexibility index (Phi) is 4.74. The van der Waals surface area contributed by atoms with Crippen LogP contribution >= 0.6 is 0 Å². The molecule has 4 nitrogen and oxygen atoms in total. The van der Waals surface area contributed by atoms with Crippen LogP contribution in [0.2, 0.25) is 0 Å². The van der Waals surface area contributed by atoms with E-state index >= 15 is 0 Å². The van der Waals surface area contributed by atoms with Crippen molar-refractivity contribution in [2.75, 3.05) is 0 Å². The van der Waals surface area contributed by atoms with Gasteiger partial charge < -0.3 is 8.98 Å². The lowest BCUT2D eigenvalue weighted by molar-refractivity contribution is -0.659. The van der Waals surface area contributed by atoms with Crippen LogP contribution in [0.15, 0.2) is 89.5 Å². The summed E-state index contributed by atoms with van der Waals surface area (Å²) < 4.78 is 11.1. The van der Waals surface area contributed by atoms with Gasteiger partial charge in [0.1, 0.15) is 12.6 Å². The van der Waals surface area contributed by atoms with E-state index in [1.54, 1.807) is 0 Å². The molecule has 0 aliphatic rings. The molecule has 7 rings (SSSR count). The lowest BCUT2D eigenvalue weighted by atomic mass is 9.96. The van der Waals surface area contributed by atoms with Crippen LogP contribution < -0.4 is 4.57 Å². The zero-order chi connectivity index (χ0) is 26.1. The molecule has 0 unspecified atom stereocenters. The first kappa shape index (κ1) is 22.3. The van der Waals surface area contributed by atoms with Gasteiger partial charge in [0.05, 0.1) is 34.2 Å². The van der Waals surface area contributed by atoms with Crippen LogP contribution in [0.4, 0.5) is 5.69 Å². The summed E-state index contributed by atoms with van der Waals surface area (Å²) in [5, 5.41) is 4.33. The molecule has 3 heterocycles. The van der Waals surface area contributed by atoms with Gasteiger partial charge in [0.25, 0.3) is 5.69 Å². The molecule has 182 valence electrons. The van der Waals surface area contributed by atoms with E-state index in [4.69, 9.17) is 11.0 Å². The summed E-state index contributed by atoms with van der Waals surface area (Å²) in [6, 6.07) is 27.2. The molecule has 0 aliphatic heterocycles. The van der Waals surface area contributed by atoms with Crippen LogP contribution in [-0.2, 0) is 7.05 Å². The standard InChI is InChI=1S/C34H26N3O/c1-20-18-21(2)22(3)26(19-20)33-34-25(16-17-36(33)5)31-29(14-9-15-30(31)38-34)37-28-13-7-6-10-23(28)24-11-8-12-27(35-4)32(24)37/h6-19H,1-3,5H3/q+1. The van der Waals surface area contributed by atoms with E-state index in [0.717, 1.165) is 55.1 Å². The number of nitrogens with zero attached hydrogens (tertiary/aromatic N) is 3. The van der Waals surface area contributed by atoms with Gasteiger partial charge >= 0.3 is 0 Å². The topological polar surface area (TPSA) is 26.3 Å². The van der Waals surface area contributed by atoms with Gasteiger partial charge in [-0.15, -0.1) is 0 Å². The molecule has 0 aliphatic carbocycles. The van der Waals surface area contributed by atoms with Crippen molar-refractivity contribution in [1.29, 1.82) is 0 Å². The van der Waals surface area contributed by atoms with Gasteiger partial charge in [0.15, 0.2) is 6.20 Å².